The van der Waals surface area contributed by atoms with Crippen molar-refractivity contribution in [1.82, 2.24) is 23.6 Å². The number of terminal acetylenes is 1. The van der Waals surface area contributed by atoms with Gasteiger partial charge in [-0.2, -0.15) is 0 Å². The number of nitrogens with zero attached hydrogens (tertiary/aromatic N) is 5. The second kappa shape index (κ2) is 6.40. The highest BCUT2D eigenvalue weighted by Crippen LogP contribution is 2.05. The molecule has 0 amide bonds. The van der Waals surface area contributed by atoms with E-state index in [1.807, 2.05) is 0 Å². The van der Waals surface area contributed by atoms with E-state index in [1.54, 1.807) is 11.6 Å². The normalized spacial score (nSPS) is 15.8. The summed E-state index contributed by atoms with van der Waals surface area (Å²) < 4.78 is 9.56. The van der Waals surface area contributed by atoms with Gasteiger partial charge in [-0.25, -0.2) is 14.3 Å². The lowest BCUT2D eigenvalue weighted by Gasteiger charge is -2.26. The molecule has 3 rings (SSSR count). The third kappa shape index (κ3) is 2.81. The minimum atomic E-state index is -0.410. The zero-order valence-corrected chi connectivity index (χ0v) is 13.1. The van der Waals surface area contributed by atoms with Gasteiger partial charge in [0.05, 0.1) is 26.1 Å². The van der Waals surface area contributed by atoms with Gasteiger partial charge in [0.25, 0.3) is 5.56 Å². The summed E-state index contributed by atoms with van der Waals surface area (Å²) in [5, 5.41) is 0. The number of imidazole rings is 1. The summed E-state index contributed by atoms with van der Waals surface area (Å²) in [6.07, 6.45) is 6.83. The summed E-state index contributed by atoms with van der Waals surface area (Å²) in [5.41, 5.74) is -0.0103. The number of aromatic nitrogens is 4. The van der Waals surface area contributed by atoms with E-state index in [4.69, 9.17) is 11.2 Å². The second-order valence-corrected chi connectivity index (χ2v) is 5.51. The zero-order valence-electron chi connectivity index (χ0n) is 13.1. The first-order chi connectivity index (χ1) is 11.1. The maximum atomic E-state index is 12.6. The van der Waals surface area contributed by atoms with Crippen LogP contribution in [0.25, 0.3) is 11.2 Å². The van der Waals surface area contributed by atoms with E-state index in [0.717, 1.165) is 17.7 Å². The van der Waals surface area contributed by atoms with Gasteiger partial charge in [0.1, 0.15) is 0 Å². The first-order valence-corrected chi connectivity index (χ1v) is 7.51. The van der Waals surface area contributed by atoms with Crippen LogP contribution in [0.15, 0.2) is 15.9 Å². The molecule has 3 heterocycles. The molecule has 0 aliphatic carbocycles. The molecular formula is C15H19N5O3. The minimum absolute atomic E-state index is 0.0453. The van der Waals surface area contributed by atoms with E-state index >= 15 is 0 Å². The van der Waals surface area contributed by atoms with Crippen LogP contribution in [0.5, 0.6) is 0 Å². The molecule has 0 N–H and O–H groups in total. The van der Waals surface area contributed by atoms with Crippen LogP contribution in [0.2, 0.25) is 0 Å². The summed E-state index contributed by atoms with van der Waals surface area (Å²) >= 11 is 0. The van der Waals surface area contributed by atoms with Gasteiger partial charge in [-0.15, -0.1) is 6.42 Å². The molecule has 1 aliphatic rings. The van der Waals surface area contributed by atoms with Gasteiger partial charge in [-0.3, -0.25) is 14.3 Å². The largest absolute Gasteiger partial charge is 0.379 e. The number of rotatable bonds is 4. The average Bonchev–Trinajstić information content (AvgIpc) is 2.94. The second-order valence-electron chi connectivity index (χ2n) is 5.51. The predicted octanol–water partition coefficient (Wildman–Crippen LogP) is -1.14. The molecule has 0 atom stereocenters. The maximum Gasteiger partial charge on any atom is 0.333 e. The third-order valence-electron chi connectivity index (χ3n) is 4.08. The number of hydrogen-bond acceptors (Lipinski definition) is 5. The highest BCUT2D eigenvalue weighted by Gasteiger charge is 2.17. The fourth-order valence-electron chi connectivity index (χ4n) is 2.81. The van der Waals surface area contributed by atoms with Crippen molar-refractivity contribution >= 4 is 11.2 Å². The molecular weight excluding hydrogens is 298 g/mol. The fourth-order valence-corrected chi connectivity index (χ4v) is 2.81. The molecule has 23 heavy (non-hydrogen) atoms. The van der Waals surface area contributed by atoms with Gasteiger partial charge < -0.3 is 9.30 Å². The Bertz CT molecular complexity index is 864. The monoisotopic (exact) mass is 317 g/mol. The molecule has 0 saturated carbocycles. The summed E-state index contributed by atoms with van der Waals surface area (Å²) in [4.78, 5) is 31.5. The number of ether oxygens (including phenoxy) is 1. The first-order valence-electron chi connectivity index (χ1n) is 7.51. The third-order valence-corrected chi connectivity index (χ3v) is 4.08. The number of morpholine rings is 1. The molecule has 0 spiro atoms. The Morgan fingerprint density at radius 3 is 2.70 bits per heavy atom. The van der Waals surface area contributed by atoms with Gasteiger partial charge >= 0.3 is 5.69 Å². The van der Waals surface area contributed by atoms with Crippen molar-refractivity contribution in [2.45, 2.75) is 13.1 Å². The van der Waals surface area contributed by atoms with E-state index in [1.165, 1.54) is 10.9 Å². The van der Waals surface area contributed by atoms with Crippen molar-refractivity contribution in [3.8, 4) is 12.3 Å². The van der Waals surface area contributed by atoms with Crippen molar-refractivity contribution in [3.05, 3.63) is 27.2 Å². The lowest BCUT2D eigenvalue weighted by Crippen LogP contribution is -2.43. The lowest BCUT2D eigenvalue weighted by atomic mass is 10.4. The molecule has 1 fully saturated rings. The molecule has 0 bridgehead atoms. The Balaban J connectivity index is 2.03. The van der Waals surface area contributed by atoms with Crippen molar-refractivity contribution in [2.24, 2.45) is 7.05 Å². The molecule has 2 aromatic heterocycles. The summed E-state index contributed by atoms with van der Waals surface area (Å²) in [5.74, 6) is 2.37. The van der Waals surface area contributed by atoms with Crippen LogP contribution >= 0.6 is 0 Å². The Morgan fingerprint density at radius 2 is 2.00 bits per heavy atom. The van der Waals surface area contributed by atoms with Crippen molar-refractivity contribution in [3.63, 3.8) is 0 Å². The molecule has 0 aromatic carbocycles. The van der Waals surface area contributed by atoms with Crippen molar-refractivity contribution in [1.29, 1.82) is 0 Å². The molecule has 1 aliphatic heterocycles. The topological polar surface area (TPSA) is 74.3 Å². The van der Waals surface area contributed by atoms with Gasteiger partial charge in [-0.1, -0.05) is 5.92 Å². The van der Waals surface area contributed by atoms with Crippen LogP contribution in [0.3, 0.4) is 0 Å². The van der Waals surface area contributed by atoms with Gasteiger partial charge in [0.15, 0.2) is 11.2 Å². The van der Waals surface area contributed by atoms with E-state index in [9.17, 15) is 9.59 Å². The van der Waals surface area contributed by atoms with Crippen molar-refractivity contribution in [2.75, 3.05) is 32.8 Å². The molecule has 2 aromatic rings. The quantitative estimate of drug-likeness (QED) is 0.667. The molecule has 122 valence electrons. The Morgan fingerprint density at radius 1 is 1.26 bits per heavy atom. The highest BCUT2D eigenvalue weighted by atomic mass is 16.5. The smallest absolute Gasteiger partial charge is 0.333 e. The average molecular weight is 317 g/mol. The summed E-state index contributed by atoms with van der Waals surface area (Å²) in [7, 11) is 1.73. The van der Waals surface area contributed by atoms with Crippen molar-refractivity contribution < 1.29 is 4.74 Å². The number of aryl methyl sites for hydroxylation is 1. The minimum Gasteiger partial charge on any atom is -0.379 e. The van der Waals surface area contributed by atoms with Crippen LogP contribution in [-0.2, 0) is 24.9 Å². The van der Waals surface area contributed by atoms with E-state index in [2.05, 4.69) is 15.8 Å². The van der Waals surface area contributed by atoms with Crippen LogP contribution in [-0.4, -0.2) is 56.4 Å². The number of fused-ring (bicyclic) bond motifs is 1. The first kappa shape index (κ1) is 15.5. The summed E-state index contributed by atoms with van der Waals surface area (Å²) in [6.45, 7) is 4.18. The molecule has 8 heteroatoms. The molecule has 0 radical (unpaired) electrons. The predicted molar refractivity (Wildman–Crippen MR) is 85.3 cm³/mol. The van der Waals surface area contributed by atoms with Crippen LogP contribution < -0.4 is 11.2 Å². The molecule has 8 nitrogen and oxygen atoms in total. The standard InChI is InChI=1S/C15H19N5O3/c1-3-4-20-14(21)12-13(16-11-17(12)2)19(15(20)22)6-5-18-7-9-23-10-8-18/h1,11H,4-10H2,2H3. The Kier molecular flexibility index (Phi) is 4.32. The fraction of sp³-hybridized carbons (Fsp3) is 0.533. The van der Waals surface area contributed by atoms with Gasteiger partial charge in [0.2, 0.25) is 0 Å². The molecule has 0 unspecified atom stereocenters. The number of hydrogen-bond donors (Lipinski definition) is 0. The van der Waals surface area contributed by atoms with E-state index in [0.29, 0.717) is 37.5 Å². The maximum absolute atomic E-state index is 12.6. The SMILES string of the molecule is C#CCn1c(=O)c2c(ncn2C)n(CCN2CCOCC2)c1=O. The van der Waals surface area contributed by atoms with E-state index < -0.39 is 11.2 Å². The van der Waals surface area contributed by atoms with Gasteiger partial charge in [-0.05, 0) is 0 Å². The van der Waals surface area contributed by atoms with Gasteiger partial charge in [0, 0.05) is 33.2 Å². The molecule has 1 saturated heterocycles. The lowest BCUT2D eigenvalue weighted by molar-refractivity contribution is 0.0363. The Labute approximate surface area is 132 Å². The highest BCUT2D eigenvalue weighted by molar-refractivity contribution is 5.69. The Hall–Kier alpha value is -2.37. The van der Waals surface area contributed by atoms with Crippen LogP contribution in [0, 0.1) is 12.3 Å². The summed E-state index contributed by atoms with van der Waals surface area (Å²) in [6, 6.07) is 0. The van der Waals surface area contributed by atoms with E-state index in [-0.39, 0.29) is 6.54 Å². The zero-order chi connectivity index (χ0) is 16.4. The van der Waals surface area contributed by atoms with Crippen LogP contribution in [0.1, 0.15) is 0 Å². The van der Waals surface area contributed by atoms with Crippen LogP contribution in [0.4, 0.5) is 0 Å².